The van der Waals surface area contributed by atoms with Crippen molar-refractivity contribution in [2.75, 3.05) is 0 Å². The predicted molar refractivity (Wildman–Crippen MR) is 131 cm³/mol. The molecule has 0 radical (unpaired) electrons. The summed E-state index contributed by atoms with van der Waals surface area (Å²) in [7, 11) is 0. The predicted octanol–water partition coefficient (Wildman–Crippen LogP) is 5.09. The second-order valence-electron chi connectivity index (χ2n) is 8.46. The molecule has 5 aromatic rings. The van der Waals surface area contributed by atoms with Gasteiger partial charge in [0.25, 0.3) is 11.5 Å². The van der Waals surface area contributed by atoms with E-state index in [9.17, 15) is 14.0 Å². The summed E-state index contributed by atoms with van der Waals surface area (Å²) < 4.78 is 14.8. The molecular formula is C27H23FN4O2. The first-order chi connectivity index (χ1) is 16.3. The number of hydrogen-bond acceptors (Lipinski definition) is 3. The number of nitrogens with zero attached hydrogens (tertiary/aromatic N) is 2. The number of aryl methyl sites for hydroxylation is 2. The molecule has 1 atom stereocenters. The fourth-order valence-electron chi connectivity index (χ4n) is 4.32. The van der Waals surface area contributed by atoms with Crippen LogP contribution in [0.2, 0.25) is 0 Å². The summed E-state index contributed by atoms with van der Waals surface area (Å²) in [6.07, 6.45) is 0. The molecule has 3 aromatic carbocycles. The third-order valence-corrected chi connectivity index (χ3v) is 6.23. The number of carbonyl (C=O) groups excluding carboxylic acids is 1. The summed E-state index contributed by atoms with van der Waals surface area (Å²) in [5, 5.41) is 9.57. The van der Waals surface area contributed by atoms with E-state index in [-0.39, 0.29) is 23.1 Å². The van der Waals surface area contributed by atoms with Gasteiger partial charge in [-0.3, -0.25) is 9.59 Å². The minimum Gasteiger partial charge on any atom is -0.344 e. The Morgan fingerprint density at radius 3 is 2.47 bits per heavy atom. The van der Waals surface area contributed by atoms with Gasteiger partial charge in [0.1, 0.15) is 11.3 Å². The zero-order chi connectivity index (χ0) is 24.0. The van der Waals surface area contributed by atoms with Crippen molar-refractivity contribution in [2.45, 2.75) is 26.8 Å². The molecule has 2 heterocycles. The fraction of sp³-hybridized carbons (Fsp3) is 0.148. The highest BCUT2D eigenvalue weighted by Gasteiger charge is 2.22. The second-order valence-corrected chi connectivity index (χ2v) is 8.46. The topological polar surface area (TPSA) is 79.3 Å². The molecule has 0 fully saturated rings. The van der Waals surface area contributed by atoms with Crippen LogP contribution in [0, 0.1) is 19.7 Å². The van der Waals surface area contributed by atoms with Gasteiger partial charge in [0.15, 0.2) is 5.69 Å². The van der Waals surface area contributed by atoms with Gasteiger partial charge in [0.05, 0.1) is 17.4 Å². The molecule has 170 valence electrons. The maximum absolute atomic E-state index is 13.2. The van der Waals surface area contributed by atoms with Crippen LogP contribution in [0.1, 0.15) is 40.3 Å². The van der Waals surface area contributed by atoms with Crippen molar-refractivity contribution in [3.05, 3.63) is 105 Å². The number of rotatable bonds is 4. The van der Waals surface area contributed by atoms with Crippen LogP contribution in [0.3, 0.4) is 0 Å². The lowest BCUT2D eigenvalue weighted by Crippen LogP contribution is -2.27. The van der Waals surface area contributed by atoms with Gasteiger partial charge in [0.2, 0.25) is 0 Å². The lowest BCUT2D eigenvalue weighted by atomic mass is 10.0. The third-order valence-electron chi connectivity index (χ3n) is 6.23. The molecule has 2 aromatic heterocycles. The van der Waals surface area contributed by atoms with Crippen LogP contribution >= 0.6 is 0 Å². The maximum Gasteiger partial charge on any atom is 0.274 e. The van der Waals surface area contributed by atoms with Crippen LogP contribution in [0.25, 0.3) is 27.5 Å². The summed E-state index contributed by atoms with van der Waals surface area (Å²) in [5.74, 6) is -0.737. The van der Waals surface area contributed by atoms with E-state index in [1.165, 1.54) is 16.6 Å². The fourth-order valence-corrected chi connectivity index (χ4v) is 4.32. The second kappa shape index (κ2) is 8.26. The standard InChI is InChI=1S/C27H23FN4O2/c1-15-23(26(33)29-16(2)18-10-12-22(28)13-11-18)31-32-17(3)24(30-27(34)25(15)32)21-9-8-19-6-4-5-7-20(19)14-21/h4-14,16H,1-3H3,(H,29,33)(H,30,34). The average Bonchev–Trinajstić information content (AvgIpc) is 3.19. The van der Waals surface area contributed by atoms with Gasteiger partial charge in [-0.15, -0.1) is 0 Å². The number of benzene rings is 3. The number of fused-ring (bicyclic) bond motifs is 2. The molecular weight excluding hydrogens is 431 g/mol. The lowest BCUT2D eigenvalue weighted by molar-refractivity contribution is 0.0934. The SMILES string of the molecule is Cc1c(C(=O)NC(C)c2ccc(F)cc2)nn2c(C)c(-c3ccc4ccccc4c3)[nH]c(=O)c12. The Labute approximate surface area is 195 Å². The summed E-state index contributed by atoms with van der Waals surface area (Å²) in [6.45, 7) is 5.39. The van der Waals surface area contributed by atoms with Crippen molar-refractivity contribution >= 4 is 22.2 Å². The Morgan fingerprint density at radius 1 is 1.03 bits per heavy atom. The largest absolute Gasteiger partial charge is 0.344 e. The van der Waals surface area contributed by atoms with E-state index in [0.29, 0.717) is 16.8 Å². The van der Waals surface area contributed by atoms with E-state index in [2.05, 4.69) is 15.4 Å². The van der Waals surface area contributed by atoms with Crippen LogP contribution in [0.5, 0.6) is 0 Å². The average molecular weight is 455 g/mol. The highest BCUT2D eigenvalue weighted by molar-refractivity contribution is 5.96. The molecule has 0 aliphatic rings. The first-order valence-electron chi connectivity index (χ1n) is 11.0. The molecule has 5 rings (SSSR count). The van der Waals surface area contributed by atoms with Gasteiger partial charge in [-0.2, -0.15) is 5.10 Å². The highest BCUT2D eigenvalue weighted by Crippen LogP contribution is 2.26. The molecule has 6 nitrogen and oxygen atoms in total. The Kier molecular flexibility index (Phi) is 5.24. The monoisotopic (exact) mass is 454 g/mol. The van der Waals surface area contributed by atoms with Gasteiger partial charge in [-0.25, -0.2) is 8.91 Å². The van der Waals surface area contributed by atoms with Gasteiger partial charge >= 0.3 is 0 Å². The maximum atomic E-state index is 13.2. The molecule has 0 aliphatic heterocycles. The number of H-pyrrole nitrogens is 1. The zero-order valence-electron chi connectivity index (χ0n) is 19.0. The highest BCUT2D eigenvalue weighted by atomic mass is 19.1. The molecule has 2 N–H and O–H groups in total. The summed E-state index contributed by atoms with van der Waals surface area (Å²) in [5.41, 5.74) is 3.70. The number of aromatic amines is 1. The number of halogens is 1. The molecule has 1 unspecified atom stereocenters. The van der Waals surface area contributed by atoms with Gasteiger partial charge in [0, 0.05) is 11.1 Å². The van der Waals surface area contributed by atoms with Crippen LogP contribution in [0.15, 0.2) is 71.5 Å². The molecule has 0 spiro atoms. The number of aromatic nitrogens is 3. The third kappa shape index (κ3) is 3.65. The summed E-state index contributed by atoms with van der Waals surface area (Å²) in [4.78, 5) is 29.1. The number of carbonyl (C=O) groups is 1. The van der Waals surface area contributed by atoms with Crippen molar-refractivity contribution in [1.29, 1.82) is 0 Å². The zero-order valence-corrected chi connectivity index (χ0v) is 19.0. The van der Waals surface area contributed by atoms with E-state index in [1.54, 1.807) is 19.1 Å². The van der Waals surface area contributed by atoms with Gasteiger partial charge < -0.3 is 10.3 Å². The van der Waals surface area contributed by atoms with E-state index >= 15 is 0 Å². The van der Waals surface area contributed by atoms with Crippen molar-refractivity contribution in [3.63, 3.8) is 0 Å². The molecule has 0 aliphatic carbocycles. The van der Waals surface area contributed by atoms with Crippen molar-refractivity contribution in [2.24, 2.45) is 0 Å². The van der Waals surface area contributed by atoms with Crippen LogP contribution in [-0.2, 0) is 0 Å². The minimum absolute atomic E-state index is 0.179. The van der Waals surface area contributed by atoms with Crippen molar-refractivity contribution in [1.82, 2.24) is 19.9 Å². The molecule has 0 bridgehead atoms. The van der Waals surface area contributed by atoms with Crippen molar-refractivity contribution < 1.29 is 9.18 Å². The van der Waals surface area contributed by atoms with Crippen LogP contribution in [-0.4, -0.2) is 20.5 Å². The molecule has 0 saturated heterocycles. The summed E-state index contributed by atoms with van der Waals surface area (Å²) in [6, 6.07) is 19.6. The summed E-state index contributed by atoms with van der Waals surface area (Å²) >= 11 is 0. The van der Waals surface area contributed by atoms with E-state index in [0.717, 1.165) is 27.6 Å². The van der Waals surface area contributed by atoms with Gasteiger partial charge in [-0.05, 0) is 55.3 Å². The Balaban J connectivity index is 1.55. The smallest absolute Gasteiger partial charge is 0.274 e. The lowest BCUT2D eigenvalue weighted by Gasteiger charge is -2.13. The molecule has 34 heavy (non-hydrogen) atoms. The van der Waals surface area contributed by atoms with E-state index < -0.39 is 5.91 Å². The van der Waals surface area contributed by atoms with Gasteiger partial charge in [-0.1, -0.05) is 48.5 Å². The Hall–Kier alpha value is -4.26. The Bertz CT molecular complexity index is 1620. The molecule has 7 heteroatoms. The number of hydrogen-bond donors (Lipinski definition) is 2. The first-order valence-corrected chi connectivity index (χ1v) is 11.0. The Morgan fingerprint density at radius 2 is 1.74 bits per heavy atom. The number of amides is 1. The van der Waals surface area contributed by atoms with Crippen LogP contribution in [0.4, 0.5) is 4.39 Å². The van der Waals surface area contributed by atoms with Crippen LogP contribution < -0.4 is 10.9 Å². The van der Waals surface area contributed by atoms with Crippen molar-refractivity contribution in [3.8, 4) is 11.3 Å². The normalized spacial score (nSPS) is 12.2. The number of nitrogens with one attached hydrogen (secondary N) is 2. The molecule has 1 amide bonds. The van der Waals surface area contributed by atoms with E-state index in [1.807, 2.05) is 56.3 Å². The minimum atomic E-state index is -0.399. The first kappa shape index (κ1) is 21.6. The molecule has 0 saturated carbocycles. The quantitative estimate of drug-likeness (QED) is 0.397. The van der Waals surface area contributed by atoms with E-state index in [4.69, 9.17) is 0 Å².